The second-order valence-electron chi connectivity index (χ2n) is 3.85. The lowest BCUT2D eigenvalue weighted by Crippen LogP contribution is -2.34. The van der Waals surface area contributed by atoms with Crippen molar-refractivity contribution in [3.63, 3.8) is 0 Å². The van der Waals surface area contributed by atoms with Gasteiger partial charge < -0.3 is 5.73 Å². The maximum atomic E-state index is 13.2. The summed E-state index contributed by atoms with van der Waals surface area (Å²) in [5, 5.41) is 3.95. The van der Waals surface area contributed by atoms with E-state index in [9.17, 15) is 4.39 Å². The van der Waals surface area contributed by atoms with E-state index in [0.29, 0.717) is 0 Å². The molecule has 1 atom stereocenters. The Hall–Kier alpha value is -0.710. The van der Waals surface area contributed by atoms with Gasteiger partial charge >= 0.3 is 0 Å². The van der Waals surface area contributed by atoms with Crippen LogP contribution >= 0.6 is 27.3 Å². The van der Waals surface area contributed by atoms with E-state index >= 15 is 0 Å². The Labute approximate surface area is 106 Å². The van der Waals surface area contributed by atoms with E-state index in [1.165, 1.54) is 12.1 Å². The molecular weight excluding hydrogens is 289 g/mol. The predicted molar refractivity (Wildman–Crippen MR) is 69.1 cm³/mol. The van der Waals surface area contributed by atoms with Crippen LogP contribution in [-0.2, 0) is 5.54 Å². The van der Waals surface area contributed by atoms with Crippen LogP contribution in [0.2, 0.25) is 0 Å². The topological polar surface area (TPSA) is 26.0 Å². The summed E-state index contributed by atoms with van der Waals surface area (Å²) in [6.07, 6.45) is 0. The van der Waals surface area contributed by atoms with Gasteiger partial charge in [0.15, 0.2) is 0 Å². The molecular formula is C12H11BrFNS. The summed E-state index contributed by atoms with van der Waals surface area (Å²) in [7, 11) is 0. The van der Waals surface area contributed by atoms with Crippen molar-refractivity contribution < 1.29 is 4.39 Å². The first-order valence-corrected chi connectivity index (χ1v) is 6.52. The Morgan fingerprint density at radius 2 is 2.12 bits per heavy atom. The summed E-state index contributed by atoms with van der Waals surface area (Å²) in [5.74, 6) is -0.263. The van der Waals surface area contributed by atoms with Gasteiger partial charge in [-0.2, -0.15) is 11.3 Å². The number of benzene rings is 1. The Bertz CT molecular complexity index is 507. The molecule has 1 unspecified atom stereocenters. The highest BCUT2D eigenvalue weighted by atomic mass is 79.9. The molecule has 0 aliphatic carbocycles. The molecule has 0 bridgehead atoms. The molecule has 16 heavy (non-hydrogen) atoms. The maximum absolute atomic E-state index is 13.2. The van der Waals surface area contributed by atoms with Crippen LogP contribution in [0.3, 0.4) is 0 Å². The molecule has 2 aromatic rings. The van der Waals surface area contributed by atoms with Crippen molar-refractivity contribution in [2.24, 2.45) is 5.73 Å². The largest absolute Gasteiger partial charge is 0.318 e. The molecule has 0 aliphatic rings. The van der Waals surface area contributed by atoms with Crippen molar-refractivity contribution in [2.75, 3.05) is 0 Å². The van der Waals surface area contributed by atoms with E-state index in [0.717, 1.165) is 15.6 Å². The highest BCUT2D eigenvalue weighted by Crippen LogP contribution is 2.34. The number of halogens is 2. The number of nitrogens with two attached hydrogens (primary N) is 1. The zero-order valence-corrected chi connectivity index (χ0v) is 11.1. The minimum absolute atomic E-state index is 0.263. The van der Waals surface area contributed by atoms with Gasteiger partial charge in [0.05, 0.1) is 5.54 Å². The van der Waals surface area contributed by atoms with E-state index in [1.807, 2.05) is 23.8 Å². The molecule has 4 heteroatoms. The molecule has 0 saturated heterocycles. The van der Waals surface area contributed by atoms with Crippen molar-refractivity contribution in [3.05, 3.63) is 56.4 Å². The van der Waals surface area contributed by atoms with E-state index in [1.54, 1.807) is 17.4 Å². The van der Waals surface area contributed by atoms with Gasteiger partial charge in [-0.05, 0) is 45.9 Å². The molecule has 0 saturated carbocycles. The zero-order valence-electron chi connectivity index (χ0n) is 8.71. The quantitative estimate of drug-likeness (QED) is 0.895. The van der Waals surface area contributed by atoms with Gasteiger partial charge in [-0.1, -0.05) is 12.1 Å². The van der Waals surface area contributed by atoms with Crippen LogP contribution in [0.1, 0.15) is 18.1 Å². The van der Waals surface area contributed by atoms with Crippen LogP contribution in [-0.4, -0.2) is 0 Å². The summed E-state index contributed by atoms with van der Waals surface area (Å²) in [5.41, 5.74) is 7.35. The van der Waals surface area contributed by atoms with Crippen molar-refractivity contribution >= 4 is 27.3 Å². The molecule has 1 heterocycles. The summed E-state index contributed by atoms with van der Waals surface area (Å²) in [6.45, 7) is 1.88. The number of hydrogen-bond donors (Lipinski definition) is 1. The summed E-state index contributed by atoms with van der Waals surface area (Å²) < 4.78 is 14.1. The van der Waals surface area contributed by atoms with Gasteiger partial charge in [0, 0.05) is 15.4 Å². The van der Waals surface area contributed by atoms with Crippen LogP contribution in [0, 0.1) is 5.82 Å². The zero-order chi connectivity index (χ0) is 11.8. The average molecular weight is 300 g/mol. The van der Waals surface area contributed by atoms with E-state index in [-0.39, 0.29) is 5.82 Å². The molecule has 0 aliphatic heterocycles. The van der Waals surface area contributed by atoms with Gasteiger partial charge in [0.25, 0.3) is 0 Å². The molecule has 2 rings (SSSR count). The van der Waals surface area contributed by atoms with Gasteiger partial charge in [0.2, 0.25) is 0 Å². The summed E-state index contributed by atoms with van der Waals surface area (Å²) >= 11 is 5.03. The third-order valence-corrected chi connectivity index (χ3v) is 4.30. The smallest absolute Gasteiger partial charge is 0.123 e. The lowest BCUT2D eigenvalue weighted by Gasteiger charge is -2.25. The minimum Gasteiger partial charge on any atom is -0.318 e. The first kappa shape index (κ1) is 11.8. The maximum Gasteiger partial charge on any atom is 0.123 e. The van der Waals surface area contributed by atoms with Gasteiger partial charge in [-0.15, -0.1) is 0 Å². The SMILES string of the molecule is CC(N)(c1cccc(F)c1)c1cscc1Br. The van der Waals surface area contributed by atoms with Crippen LogP contribution < -0.4 is 5.73 Å². The fraction of sp³-hybridized carbons (Fsp3) is 0.167. The Morgan fingerprint density at radius 3 is 2.69 bits per heavy atom. The Balaban J connectivity index is 2.51. The second-order valence-corrected chi connectivity index (χ2v) is 5.44. The Kier molecular flexibility index (Phi) is 3.15. The lowest BCUT2D eigenvalue weighted by atomic mass is 9.87. The lowest BCUT2D eigenvalue weighted by molar-refractivity contribution is 0.581. The van der Waals surface area contributed by atoms with Crippen molar-refractivity contribution in [2.45, 2.75) is 12.5 Å². The molecule has 2 N–H and O–H groups in total. The molecule has 1 nitrogen and oxygen atoms in total. The van der Waals surface area contributed by atoms with Crippen LogP contribution in [0.25, 0.3) is 0 Å². The van der Waals surface area contributed by atoms with Crippen molar-refractivity contribution in [1.82, 2.24) is 0 Å². The number of thiophene rings is 1. The Morgan fingerprint density at radius 1 is 1.38 bits per heavy atom. The molecule has 0 fully saturated rings. The van der Waals surface area contributed by atoms with Crippen LogP contribution in [0.4, 0.5) is 4.39 Å². The number of rotatable bonds is 2. The van der Waals surface area contributed by atoms with E-state index in [4.69, 9.17) is 5.73 Å². The van der Waals surface area contributed by atoms with Crippen LogP contribution in [0.15, 0.2) is 39.5 Å². The number of hydrogen-bond acceptors (Lipinski definition) is 2. The first-order valence-electron chi connectivity index (χ1n) is 4.79. The molecule has 0 spiro atoms. The molecule has 0 amide bonds. The first-order chi connectivity index (χ1) is 7.51. The fourth-order valence-electron chi connectivity index (χ4n) is 1.62. The second kappa shape index (κ2) is 4.28. The van der Waals surface area contributed by atoms with Crippen molar-refractivity contribution in [3.8, 4) is 0 Å². The van der Waals surface area contributed by atoms with E-state index < -0.39 is 5.54 Å². The standard InChI is InChI=1S/C12H11BrFNS/c1-12(15,10-6-16-7-11(10)13)8-3-2-4-9(14)5-8/h2-7H,15H2,1H3. The van der Waals surface area contributed by atoms with Gasteiger partial charge in [-0.25, -0.2) is 4.39 Å². The predicted octanol–water partition coefficient (Wildman–Crippen LogP) is 3.87. The van der Waals surface area contributed by atoms with Gasteiger partial charge in [0.1, 0.15) is 5.82 Å². The molecule has 1 aromatic heterocycles. The minimum atomic E-state index is -0.680. The fourth-order valence-corrected chi connectivity index (χ4v) is 3.44. The third-order valence-electron chi connectivity index (χ3n) is 2.60. The summed E-state index contributed by atoms with van der Waals surface area (Å²) in [6, 6.07) is 6.41. The highest BCUT2D eigenvalue weighted by molar-refractivity contribution is 9.10. The molecule has 84 valence electrons. The van der Waals surface area contributed by atoms with E-state index in [2.05, 4.69) is 15.9 Å². The normalized spacial score (nSPS) is 14.8. The molecule has 1 aromatic carbocycles. The van der Waals surface area contributed by atoms with Gasteiger partial charge in [-0.3, -0.25) is 0 Å². The van der Waals surface area contributed by atoms with Crippen LogP contribution in [0.5, 0.6) is 0 Å². The average Bonchev–Trinajstić information content (AvgIpc) is 2.65. The monoisotopic (exact) mass is 299 g/mol. The third kappa shape index (κ3) is 2.05. The molecule has 0 radical (unpaired) electrons. The van der Waals surface area contributed by atoms with Crippen molar-refractivity contribution in [1.29, 1.82) is 0 Å². The highest BCUT2D eigenvalue weighted by Gasteiger charge is 2.26. The summed E-state index contributed by atoms with van der Waals surface area (Å²) in [4.78, 5) is 0.